The second kappa shape index (κ2) is 8.56. The number of nitrogens with two attached hydrogens (primary N) is 1. The standard InChI is InChI=1S/C17H23FN4/c1-14-6-4-9-20-16(14)12-22(11-3-2-8-19)13-17-15(18)7-5-10-21-17/h4-7,9-10H,2-3,8,11-13,19H2,1H3. The molecule has 2 N–H and O–H groups in total. The van der Waals surface area contributed by atoms with Crippen LogP contribution in [0.2, 0.25) is 0 Å². The van der Waals surface area contributed by atoms with Crippen molar-refractivity contribution in [2.75, 3.05) is 13.1 Å². The van der Waals surface area contributed by atoms with Gasteiger partial charge in [0.25, 0.3) is 0 Å². The summed E-state index contributed by atoms with van der Waals surface area (Å²) < 4.78 is 13.8. The van der Waals surface area contributed by atoms with E-state index in [0.717, 1.165) is 30.6 Å². The maximum atomic E-state index is 13.8. The molecule has 118 valence electrons. The minimum absolute atomic E-state index is 0.260. The Morgan fingerprint density at radius 3 is 2.41 bits per heavy atom. The highest BCUT2D eigenvalue weighted by Crippen LogP contribution is 2.13. The number of halogens is 1. The monoisotopic (exact) mass is 302 g/mol. The molecule has 0 amide bonds. The van der Waals surface area contributed by atoms with Crippen molar-refractivity contribution >= 4 is 0 Å². The predicted octanol–water partition coefficient (Wildman–Crippen LogP) is 2.67. The van der Waals surface area contributed by atoms with E-state index in [2.05, 4.69) is 14.9 Å². The molecule has 0 fully saturated rings. The highest BCUT2D eigenvalue weighted by molar-refractivity contribution is 5.17. The summed E-state index contributed by atoms with van der Waals surface area (Å²) in [7, 11) is 0. The smallest absolute Gasteiger partial charge is 0.146 e. The largest absolute Gasteiger partial charge is 0.330 e. The first kappa shape index (κ1) is 16.5. The maximum Gasteiger partial charge on any atom is 0.146 e. The Balaban J connectivity index is 2.09. The van der Waals surface area contributed by atoms with Gasteiger partial charge in [-0.2, -0.15) is 0 Å². The second-order valence-electron chi connectivity index (χ2n) is 5.41. The zero-order valence-corrected chi connectivity index (χ0v) is 13.0. The van der Waals surface area contributed by atoms with E-state index >= 15 is 0 Å². The quantitative estimate of drug-likeness (QED) is 0.762. The van der Waals surface area contributed by atoms with Crippen molar-refractivity contribution < 1.29 is 4.39 Å². The third-order valence-electron chi connectivity index (χ3n) is 3.63. The zero-order chi connectivity index (χ0) is 15.8. The molecule has 0 aliphatic carbocycles. The van der Waals surface area contributed by atoms with Crippen molar-refractivity contribution in [1.29, 1.82) is 0 Å². The Morgan fingerprint density at radius 1 is 1.05 bits per heavy atom. The maximum absolute atomic E-state index is 13.8. The number of rotatable bonds is 8. The van der Waals surface area contributed by atoms with Gasteiger partial charge < -0.3 is 5.73 Å². The van der Waals surface area contributed by atoms with Crippen LogP contribution in [0, 0.1) is 12.7 Å². The highest BCUT2D eigenvalue weighted by Gasteiger charge is 2.12. The van der Waals surface area contributed by atoms with Gasteiger partial charge in [-0.25, -0.2) is 4.39 Å². The van der Waals surface area contributed by atoms with Crippen molar-refractivity contribution in [1.82, 2.24) is 14.9 Å². The first-order valence-corrected chi connectivity index (χ1v) is 7.63. The molecule has 2 rings (SSSR count). The lowest BCUT2D eigenvalue weighted by Gasteiger charge is -2.22. The molecule has 0 saturated heterocycles. The lowest BCUT2D eigenvalue weighted by Crippen LogP contribution is -2.26. The minimum atomic E-state index is -0.260. The Hall–Kier alpha value is -1.85. The van der Waals surface area contributed by atoms with E-state index in [1.54, 1.807) is 18.5 Å². The van der Waals surface area contributed by atoms with Crippen molar-refractivity contribution in [2.24, 2.45) is 5.73 Å². The average Bonchev–Trinajstić information content (AvgIpc) is 2.52. The molecule has 0 aliphatic rings. The van der Waals surface area contributed by atoms with Crippen LogP contribution in [0.25, 0.3) is 0 Å². The van der Waals surface area contributed by atoms with Gasteiger partial charge in [-0.3, -0.25) is 14.9 Å². The fraction of sp³-hybridized carbons (Fsp3) is 0.412. The number of aromatic nitrogens is 2. The van der Waals surface area contributed by atoms with Gasteiger partial charge in [-0.15, -0.1) is 0 Å². The molecule has 2 aromatic heterocycles. The Morgan fingerprint density at radius 2 is 1.73 bits per heavy atom. The van der Waals surface area contributed by atoms with Gasteiger partial charge in [0.2, 0.25) is 0 Å². The summed E-state index contributed by atoms with van der Waals surface area (Å²) in [5, 5.41) is 0. The minimum Gasteiger partial charge on any atom is -0.330 e. The number of pyridine rings is 2. The molecule has 0 saturated carbocycles. The molecule has 0 atom stereocenters. The van der Waals surface area contributed by atoms with Crippen LogP contribution in [0.15, 0.2) is 36.7 Å². The average molecular weight is 302 g/mol. The summed E-state index contributed by atoms with van der Waals surface area (Å²) >= 11 is 0. The third-order valence-corrected chi connectivity index (χ3v) is 3.63. The summed E-state index contributed by atoms with van der Waals surface area (Å²) in [6.45, 7) is 4.74. The molecule has 0 aliphatic heterocycles. The summed E-state index contributed by atoms with van der Waals surface area (Å²) in [5.41, 5.74) is 8.21. The highest BCUT2D eigenvalue weighted by atomic mass is 19.1. The van der Waals surface area contributed by atoms with E-state index in [1.165, 1.54) is 6.07 Å². The normalized spacial score (nSPS) is 11.1. The topological polar surface area (TPSA) is 55.0 Å². The molecule has 22 heavy (non-hydrogen) atoms. The molecule has 0 spiro atoms. The summed E-state index contributed by atoms with van der Waals surface area (Å²) in [6.07, 6.45) is 5.36. The first-order valence-electron chi connectivity index (χ1n) is 7.63. The Bertz CT molecular complexity index is 541. The second-order valence-corrected chi connectivity index (χ2v) is 5.41. The van der Waals surface area contributed by atoms with Crippen LogP contribution in [0.1, 0.15) is 29.8 Å². The van der Waals surface area contributed by atoms with Crippen molar-refractivity contribution in [3.05, 3.63) is 59.4 Å². The number of aryl methyl sites for hydroxylation is 1. The fourth-order valence-electron chi connectivity index (χ4n) is 2.34. The molecule has 4 nitrogen and oxygen atoms in total. The number of nitrogens with zero attached hydrogens (tertiary/aromatic N) is 3. The molecular formula is C17H23FN4. The molecule has 0 bridgehead atoms. The summed E-state index contributed by atoms with van der Waals surface area (Å²) in [6, 6.07) is 7.03. The lowest BCUT2D eigenvalue weighted by atomic mass is 10.2. The molecule has 0 radical (unpaired) electrons. The SMILES string of the molecule is Cc1cccnc1CN(CCCCN)Cc1ncccc1F. The zero-order valence-electron chi connectivity index (χ0n) is 13.0. The molecule has 0 unspecified atom stereocenters. The van der Waals surface area contributed by atoms with Crippen molar-refractivity contribution in [3.63, 3.8) is 0 Å². The number of hydrogen-bond donors (Lipinski definition) is 1. The molecule has 2 heterocycles. The van der Waals surface area contributed by atoms with Gasteiger partial charge in [-0.1, -0.05) is 6.07 Å². The van der Waals surface area contributed by atoms with E-state index in [1.807, 2.05) is 19.1 Å². The van der Waals surface area contributed by atoms with Crippen LogP contribution in [-0.2, 0) is 13.1 Å². The first-order chi connectivity index (χ1) is 10.7. The van der Waals surface area contributed by atoms with Gasteiger partial charge in [0, 0.05) is 25.5 Å². The van der Waals surface area contributed by atoms with Crippen LogP contribution in [0.3, 0.4) is 0 Å². The van der Waals surface area contributed by atoms with Crippen LogP contribution >= 0.6 is 0 Å². The van der Waals surface area contributed by atoms with E-state index in [4.69, 9.17) is 5.73 Å². The molecular weight excluding hydrogens is 279 g/mol. The van der Waals surface area contributed by atoms with Crippen LogP contribution in [0.4, 0.5) is 4.39 Å². The number of unbranched alkanes of at least 4 members (excludes halogenated alkanes) is 1. The Labute approximate surface area is 131 Å². The van der Waals surface area contributed by atoms with Gasteiger partial charge in [0.05, 0.1) is 11.4 Å². The van der Waals surface area contributed by atoms with Gasteiger partial charge in [0.15, 0.2) is 0 Å². The van der Waals surface area contributed by atoms with Gasteiger partial charge in [-0.05, 0) is 56.6 Å². The summed E-state index contributed by atoms with van der Waals surface area (Å²) in [4.78, 5) is 10.8. The van der Waals surface area contributed by atoms with Gasteiger partial charge in [0.1, 0.15) is 5.82 Å². The molecule has 0 aromatic carbocycles. The number of hydrogen-bond acceptors (Lipinski definition) is 4. The predicted molar refractivity (Wildman–Crippen MR) is 85.6 cm³/mol. The lowest BCUT2D eigenvalue weighted by molar-refractivity contribution is 0.241. The van der Waals surface area contributed by atoms with E-state index in [0.29, 0.717) is 25.3 Å². The fourth-order valence-corrected chi connectivity index (χ4v) is 2.34. The van der Waals surface area contributed by atoms with E-state index in [-0.39, 0.29) is 5.82 Å². The van der Waals surface area contributed by atoms with E-state index < -0.39 is 0 Å². The van der Waals surface area contributed by atoms with Crippen LogP contribution in [0.5, 0.6) is 0 Å². The molecule has 2 aromatic rings. The molecule has 5 heteroatoms. The third kappa shape index (κ3) is 4.86. The Kier molecular flexibility index (Phi) is 6.43. The van der Waals surface area contributed by atoms with Gasteiger partial charge >= 0.3 is 0 Å². The van der Waals surface area contributed by atoms with E-state index in [9.17, 15) is 4.39 Å². The summed E-state index contributed by atoms with van der Waals surface area (Å²) in [5.74, 6) is -0.260. The van der Waals surface area contributed by atoms with Crippen molar-refractivity contribution in [2.45, 2.75) is 32.9 Å². The van der Waals surface area contributed by atoms with Crippen LogP contribution < -0.4 is 5.73 Å². The van der Waals surface area contributed by atoms with Crippen molar-refractivity contribution in [3.8, 4) is 0 Å². The van der Waals surface area contributed by atoms with Crippen LogP contribution in [-0.4, -0.2) is 28.0 Å².